The molecule has 0 saturated carbocycles. The predicted molar refractivity (Wildman–Crippen MR) is 72.8 cm³/mol. The largest absolute Gasteiger partial charge is 0.425 e. The lowest BCUT2D eigenvalue weighted by Crippen LogP contribution is -2.39. The molecule has 3 rings (SSSR count). The van der Waals surface area contributed by atoms with E-state index in [1.54, 1.807) is 0 Å². The number of hydrogen-bond donors (Lipinski definition) is 0. The van der Waals surface area contributed by atoms with Crippen LogP contribution in [0, 0.1) is 0 Å². The van der Waals surface area contributed by atoms with Gasteiger partial charge in [-0.05, 0) is 17.2 Å². The first kappa shape index (κ1) is 11.5. The van der Waals surface area contributed by atoms with Crippen LogP contribution in [0.4, 0.5) is 0 Å². The Hall–Kier alpha value is -1.61. The summed E-state index contributed by atoms with van der Waals surface area (Å²) in [6, 6.07) is 17.3. The van der Waals surface area contributed by atoms with E-state index >= 15 is 0 Å². The molecule has 1 unspecified atom stereocenters. The van der Waals surface area contributed by atoms with Crippen molar-refractivity contribution in [1.82, 2.24) is 0 Å². The number of rotatable bonds is 1. The van der Waals surface area contributed by atoms with Gasteiger partial charge in [0.05, 0.1) is 0 Å². The van der Waals surface area contributed by atoms with Crippen LogP contribution < -0.4 is 4.74 Å². The molecule has 2 aromatic rings. The van der Waals surface area contributed by atoms with Gasteiger partial charge < -0.3 is 4.74 Å². The van der Waals surface area contributed by atoms with Crippen LogP contribution in [0.25, 0.3) is 0 Å². The van der Waals surface area contributed by atoms with Gasteiger partial charge in [0.15, 0.2) is 4.32 Å². The van der Waals surface area contributed by atoms with Gasteiger partial charge in [0.1, 0.15) is 5.75 Å². The van der Waals surface area contributed by atoms with Gasteiger partial charge in [0, 0.05) is 6.42 Å². The zero-order valence-electron chi connectivity index (χ0n) is 9.60. The third-order valence-corrected chi connectivity index (χ3v) is 4.23. The molecule has 2 nitrogen and oxygen atoms in total. The summed E-state index contributed by atoms with van der Waals surface area (Å²) in [6.07, 6.45) is 0.603. The first-order valence-corrected chi connectivity index (χ1v) is 6.54. The van der Waals surface area contributed by atoms with E-state index in [0.717, 1.165) is 11.1 Å². The van der Waals surface area contributed by atoms with Crippen molar-refractivity contribution < 1.29 is 9.53 Å². The van der Waals surface area contributed by atoms with E-state index in [1.807, 2.05) is 54.6 Å². The number of alkyl halides is 1. The van der Waals surface area contributed by atoms with Crippen molar-refractivity contribution in [3.05, 3.63) is 65.7 Å². The van der Waals surface area contributed by atoms with Crippen molar-refractivity contribution >= 4 is 21.9 Å². The Bertz CT molecular complexity index is 594. The van der Waals surface area contributed by atoms with Crippen molar-refractivity contribution in [2.45, 2.75) is 10.7 Å². The zero-order chi connectivity index (χ0) is 12.6. The maximum atomic E-state index is 12.2. The average molecular weight is 303 g/mol. The van der Waals surface area contributed by atoms with E-state index in [1.165, 1.54) is 0 Å². The molecule has 0 bridgehead atoms. The average Bonchev–Trinajstić information content (AvgIpc) is 2.41. The number of benzene rings is 2. The van der Waals surface area contributed by atoms with Gasteiger partial charge in [-0.1, -0.05) is 64.5 Å². The minimum Gasteiger partial charge on any atom is -0.425 e. The monoisotopic (exact) mass is 302 g/mol. The molecule has 0 aromatic heterocycles. The molecule has 0 N–H and O–H groups in total. The highest BCUT2D eigenvalue weighted by molar-refractivity contribution is 9.10. The lowest BCUT2D eigenvalue weighted by molar-refractivity contribution is -0.138. The molecule has 0 fully saturated rings. The zero-order valence-corrected chi connectivity index (χ0v) is 11.2. The maximum Gasteiger partial charge on any atom is 0.333 e. The molecule has 1 aliphatic heterocycles. The summed E-state index contributed by atoms with van der Waals surface area (Å²) in [6.45, 7) is 0. The third kappa shape index (κ3) is 1.75. The summed E-state index contributed by atoms with van der Waals surface area (Å²) in [7, 11) is 0. The minimum atomic E-state index is -0.775. The van der Waals surface area contributed by atoms with E-state index in [4.69, 9.17) is 4.74 Å². The van der Waals surface area contributed by atoms with Crippen molar-refractivity contribution in [3.8, 4) is 5.75 Å². The molecule has 1 atom stereocenters. The summed E-state index contributed by atoms with van der Waals surface area (Å²) in [5.74, 6) is 0.404. The van der Waals surface area contributed by atoms with Crippen molar-refractivity contribution in [1.29, 1.82) is 0 Å². The van der Waals surface area contributed by atoms with Crippen LogP contribution in [-0.4, -0.2) is 5.97 Å². The highest BCUT2D eigenvalue weighted by atomic mass is 79.9. The number of esters is 1. The van der Waals surface area contributed by atoms with Crippen molar-refractivity contribution in [2.24, 2.45) is 0 Å². The molecule has 0 aliphatic carbocycles. The van der Waals surface area contributed by atoms with Gasteiger partial charge >= 0.3 is 5.97 Å². The van der Waals surface area contributed by atoms with E-state index in [2.05, 4.69) is 15.9 Å². The van der Waals surface area contributed by atoms with E-state index in [9.17, 15) is 4.79 Å². The van der Waals surface area contributed by atoms with Gasteiger partial charge in [0.25, 0.3) is 0 Å². The number of ether oxygens (including phenoxy) is 1. The number of fused-ring (bicyclic) bond motifs is 1. The predicted octanol–water partition coefficient (Wildman–Crippen LogP) is 3.44. The van der Waals surface area contributed by atoms with Gasteiger partial charge in [0.2, 0.25) is 0 Å². The molecule has 90 valence electrons. The summed E-state index contributed by atoms with van der Waals surface area (Å²) in [5.41, 5.74) is 1.96. The fourth-order valence-electron chi connectivity index (χ4n) is 2.19. The Morgan fingerprint density at radius 2 is 1.67 bits per heavy atom. The number of hydrogen-bond acceptors (Lipinski definition) is 2. The quantitative estimate of drug-likeness (QED) is 0.458. The van der Waals surface area contributed by atoms with Crippen LogP contribution in [0.3, 0.4) is 0 Å². The smallest absolute Gasteiger partial charge is 0.333 e. The lowest BCUT2D eigenvalue weighted by Gasteiger charge is -2.31. The van der Waals surface area contributed by atoms with Crippen LogP contribution >= 0.6 is 15.9 Å². The van der Waals surface area contributed by atoms with Crippen molar-refractivity contribution in [2.75, 3.05) is 0 Å². The molecule has 18 heavy (non-hydrogen) atoms. The second-order valence-corrected chi connectivity index (χ2v) is 5.69. The summed E-state index contributed by atoms with van der Waals surface area (Å²) >= 11 is 3.56. The standard InChI is InChI=1S/C15H11BrO2/c16-15(12-7-2-1-3-8-12)10-11-6-4-5-9-13(11)18-14(15)17/h1-9H,10H2. The Morgan fingerprint density at radius 1 is 1.00 bits per heavy atom. The van der Waals surface area contributed by atoms with Crippen LogP contribution in [0.2, 0.25) is 0 Å². The summed E-state index contributed by atoms with van der Waals surface area (Å²) in [4.78, 5) is 12.2. The SMILES string of the molecule is O=C1Oc2ccccc2CC1(Br)c1ccccc1. The van der Waals surface area contributed by atoms with Crippen LogP contribution in [0.1, 0.15) is 11.1 Å². The molecule has 0 spiro atoms. The molecule has 1 heterocycles. The molecular formula is C15H11BrO2. The van der Waals surface area contributed by atoms with Crippen LogP contribution in [-0.2, 0) is 15.5 Å². The Labute approximate surface area is 114 Å². The lowest BCUT2D eigenvalue weighted by atomic mass is 9.89. The van der Waals surface area contributed by atoms with Crippen LogP contribution in [0.15, 0.2) is 54.6 Å². The third-order valence-electron chi connectivity index (χ3n) is 3.16. The second kappa shape index (κ2) is 4.25. The molecule has 0 amide bonds. The van der Waals surface area contributed by atoms with E-state index in [0.29, 0.717) is 12.2 Å². The van der Waals surface area contributed by atoms with Gasteiger partial charge in [-0.25, -0.2) is 4.79 Å². The highest BCUT2D eigenvalue weighted by Gasteiger charge is 2.43. The Balaban J connectivity index is 2.07. The van der Waals surface area contributed by atoms with Gasteiger partial charge in [-0.15, -0.1) is 0 Å². The van der Waals surface area contributed by atoms with E-state index < -0.39 is 4.32 Å². The molecule has 0 radical (unpaired) electrons. The Morgan fingerprint density at radius 3 is 2.44 bits per heavy atom. The second-order valence-electron chi connectivity index (χ2n) is 4.34. The van der Waals surface area contributed by atoms with Gasteiger partial charge in [-0.2, -0.15) is 0 Å². The molecule has 3 heteroatoms. The molecule has 1 aliphatic rings. The summed E-state index contributed by atoms with van der Waals surface area (Å²) in [5, 5.41) is 0. The van der Waals surface area contributed by atoms with Crippen molar-refractivity contribution in [3.63, 3.8) is 0 Å². The number of carbonyl (C=O) groups is 1. The minimum absolute atomic E-state index is 0.257. The molecule has 0 saturated heterocycles. The first-order valence-electron chi connectivity index (χ1n) is 5.75. The maximum absolute atomic E-state index is 12.2. The normalized spacial score (nSPS) is 22.2. The van der Waals surface area contributed by atoms with E-state index in [-0.39, 0.29) is 5.97 Å². The fourth-order valence-corrected chi connectivity index (χ4v) is 2.83. The molecular weight excluding hydrogens is 292 g/mol. The number of para-hydroxylation sites is 1. The first-order chi connectivity index (χ1) is 8.70. The number of carbonyl (C=O) groups excluding carboxylic acids is 1. The fraction of sp³-hybridized carbons (Fsp3) is 0.133. The van der Waals surface area contributed by atoms with Crippen LogP contribution in [0.5, 0.6) is 5.75 Å². The number of halogens is 1. The van der Waals surface area contributed by atoms with Gasteiger partial charge in [-0.3, -0.25) is 0 Å². The molecule has 2 aromatic carbocycles. The highest BCUT2D eigenvalue weighted by Crippen LogP contribution is 2.42. The summed E-state index contributed by atoms with van der Waals surface area (Å²) < 4.78 is 4.64. The topological polar surface area (TPSA) is 26.3 Å². The Kier molecular flexibility index (Phi) is 2.71.